The van der Waals surface area contributed by atoms with E-state index >= 15 is 0 Å². The number of hydrogen-bond acceptors (Lipinski definition) is 4. The molecular formula is C16H22N2O2. The standard InChI is InChI=1S/C16H22N2O2/c1-12(19)15-5-4-14(10-16(15)20)18-8-6-17(7-9-18)11-13-2-3-13/h4-5,10,13,20H,2-3,6-9,11H2,1H3. The molecule has 20 heavy (non-hydrogen) atoms. The molecule has 4 heteroatoms. The number of anilines is 1. The first-order valence-electron chi connectivity index (χ1n) is 7.45. The van der Waals surface area contributed by atoms with Crippen molar-refractivity contribution in [1.82, 2.24) is 4.90 Å². The molecule has 1 N–H and O–H groups in total. The van der Waals surface area contributed by atoms with Crippen molar-refractivity contribution in [2.24, 2.45) is 5.92 Å². The predicted molar refractivity (Wildman–Crippen MR) is 79.5 cm³/mol. The van der Waals surface area contributed by atoms with Gasteiger partial charge in [-0.3, -0.25) is 9.69 Å². The van der Waals surface area contributed by atoms with Gasteiger partial charge >= 0.3 is 0 Å². The summed E-state index contributed by atoms with van der Waals surface area (Å²) in [5, 5.41) is 9.91. The second-order valence-electron chi connectivity index (χ2n) is 5.99. The Morgan fingerprint density at radius 2 is 1.95 bits per heavy atom. The fourth-order valence-electron chi connectivity index (χ4n) is 2.87. The van der Waals surface area contributed by atoms with Crippen LogP contribution in [-0.2, 0) is 0 Å². The number of carbonyl (C=O) groups is 1. The van der Waals surface area contributed by atoms with Crippen molar-refractivity contribution in [2.45, 2.75) is 19.8 Å². The van der Waals surface area contributed by atoms with Gasteiger partial charge in [-0.2, -0.15) is 0 Å². The number of aromatic hydroxyl groups is 1. The average molecular weight is 274 g/mol. The van der Waals surface area contributed by atoms with Gasteiger partial charge in [0.05, 0.1) is 5.56 Å². The van der Waals surface area contributed by atoms with E-state index in [1.807, 2.05) is 6.07 Å². The maximum atomic E-state index is 11.3. The number of phenolic OH excluding ortho intramolecular Hbond substituents is 1. The SMILES string of the molecule is CC(=O)c1ccc(N2CCN(CC3CC3)CC2)cc1O. The molecule has 1 saturated heterocycles. The maximum absolute atomic E-state index is 11.3. The highest BCUT2D eigenvalue weighted by molar-refractivity contribution is 5.97. The molecule has 0 bridgehead atoms. The summed E-state index contributed by atoms with van der Waals surface area (Å²) >= 11 is 0. The third kappa shape index (κ3) is 2.96. The fraction of sp³-hybridized carbons (Fsp3) is 0.562. The molecule has 0 radical (unpaired) electrons. The number of benzene rings is 1. The summed E-state index contributed by atoms with van der Waals surface area (Å²) < 4.78 is 0. The maximum Gasteiger partial charge on any atom is 0.163 e. The van der Waals surface area contributed by atoms with Crippen LogP contribution in [0.3, 0.4) is 0 Å². The Morgan fingerprint density at radius 1 is 1.25 bits per heavy atom. The Balaban J connectivity index is 1.62. The molecule has 1 heterocycles. The van der Waals surface area contributed by atoms with Crippen molar-refractivity contribution in [2.75, 3.05) is 37.6 Å². The molecule has 0 aromatic heterocycles. The van der Waals surface area contributed by atoms with Crippen LogP contribution < -0.4 is 4.90 Å². The Bertz CT molecular complexity index is 503. The van der Waals surface area contributed by atoms with Gasteiger partial charge in [0.25, 0.3) is 0 Å². The van der Waals surface area contributed by atoms with Crippen LogP contribution in [0.2, 0.25) is 0 Å². The second-order valence-corrected chi connectivity index (χ2v) is 5.99. The highest BCUT2D eigenvalue weighted by atomic mass is 16.3. The van der Waals surface area contributed by atoms with Crippen LogP contribution in [0.5, 0.6) is 5.75 Å². The lowest BCUT2D eigenvalue weighted by Gasteiger charge is -2.36. The highest BCUT2D eigenvalue weighted by Gasteiger charge is 2.26. The van der Waals surface area contributed by atoms with Gasteiger partial charge in [0.2, 0.25) is 0 Å². The van der Waals surface area contributed by atoms with Crippen molar-refractivity contribution >= 4 is 11.5 Å². The smallest absolute Gasteiger partial charge is 0.163 e. The molecule has 0 spiro atoms. The molecule has 1 aliphatic heterocycles. The normalized spacial score (nSPS) is 20.1. The van der Waals surface area contributed by atoms with Crippen LogP contribution in [0.1, 0.15) is 30.1 Å². The Hall–Kier alpha value is -1.55. The Morgan fingerprint density at radius 3 is 2.50 bits per heavy atom. The summed E-state index contributed by atoms with van der Waals surface area (Å²) in [7, 11) is 0. The van der Waals surface area contributed by atoms with Gasteiger partial charge in [0.1, 0.15) is 5.75 Å². The van der Waals surface area contributed by atoms with Crippen LogP contribution in [0.15, 0.2) is 18.2 Å². The van der Waals surface area contributed by atoms with Crippen LogP contribution in [0, 0.1) is 5.92 Å². The molecule has 0 atom stereocenters. The van der Waals surface area contributed by atoms with E-state index in [0.29, 0.717) is 5.56 Å². The predicted octanol–water partition coefficient (Wildman–Crippen LogP) is 2.13. The quantitative estimate of drug-likeness (QED) is 0.854. The van der Waals surface area contributed by atoms with Gasteiger partial charge < -0.3 is 10.0 Å². The Kier molecular flexibility index (Phi) is 3.66. The van der Waals surface area contributed by atoms with Crippen molar-refractivity contribution in [3.05, 3.63) is 23.8 Å². The summed E-state index contributed by atoms with van der Waals surface area (Å²) in [5.74, 6) is 0.944. The van der Waals surface area contributed by atoms with Gasteiger partial charge in [-0.05, 0) is 37.8 Å². The zero-order chi connectivity index (χ0) is 14.1. The van der Waals surface area contributed by atoms with E-state index in [1.165, 1.54) is 26.3 Å². The molecule has 2 fully saturated rings. The second kappa shape index (κ2) is 5.44. The number of hydrogen-bond donors (Lipinski definition) is 1. The molecule has 0 amide bonds. The van der Waals surface area contributed by atoms with E-state index in [2.05, 4.69) is 9.80 Å². The molecule has 0 unspecified atom stereocenters. The zero-order valence-corrected chi connectivity index (χ0v) is 12.0. The molecule has 2 aliphatic rings. The average Bonchev–Trinajstić information content (AvgIpc) is 3.23. The molecule has 108 valence electrons. The largest absolute Gasteiger partial charge is 0.507 e. The molecule has 1 aromatic carbocycles. The first-order valence-corrected chi connectivity index (χ1v) is 7.45. The van der Waals surface area contributed by atoms with E-state index in [0.717, 1.165) is 37.8 Å². The van der Waals surface area contributed by atoms with E-state index in [1.54, 1.807) is 12.1 Å². The van der Waals surface area contributed by atoms with Crippen molar-refractivity contribution in [1.29, 1.82) is 0 Å². The summed E-state index contributed by atoms with van der Waals surface area (Å²) in [5.41, 5.74) is 1.42. The number of piperazine rings is 1. The van der Waals surface area contributed by atoms with E-state index < -0.39 is 0 Å². The minimum atomic E-state index is -0.0942. The lowest BCUT2D eigenvalue weighted by Crippen LogP contribution is -2.47. The fourth-order valence-corrected chi connectivity index (χ4v) is 2.87. The van der Waals surface area contributed by atoms with Crippen LogP contribution >= 0.6 is 0 Å². The molecule has 1 aromatic rings. The minimum Gasteiger partial charge on any atom is -0.507 e. The first-order chi connectivity index (χ1) is 9.63. The topological polar surface area (TPSA) is 43.8 Å². The van der Waals surface area contributed by atoms with Gasteiger partial charge in [-0.1, -0.05) is 0 Å². The van der Waals surface area contributed by atoms with Gasteiger partial charge in [-0.15, -0.1) is 0 Å². The van der Waals surface area contributed by atoms with Crippen molar-refractivity contribution in [3.8, 4) is 5.75 Å². The lowest BCUT2D eigenvalue weighted by molar-refractivity contribution is 0.101. The minimum absolute atomic E-state index is 0.0930. The van der Waals surface area contributed by atoms with Gasteiger partial charge in [0, 0.05) is 44.5 Å². The van der Waals surface area contributed by atoms with Crippen LogP contribution in [0.4, 0.5) is 5.69 Å². The van der Waals surface area contributed by atoms with Gasteiger partial charge in [0.15, 0.2) is 5.78 Å². The summed E-state index contributed by atoms with van der Waals surface area (Å²) in [6.45, 7) is 6.89. The van der Waals surface area contributed by atoms with Crippen LogP contribution in [0.25, 0.3) is 0 Å². The van der Waals surface area contributed by atoms with E-state index in [9.17, 15) is 9.90 Å². The molecule has 1 saturated carbocycles. The van der Waals surface area contributed by atoms with Crippen molar-refractivity contribution < 1.29 is 9.90 Å². The number of Topliss-reactive ketones (excluding diaryl/α,β-unsaturated/α-hetero) is 1. The third-order valence-electron chi connectivity index (χ3n) is 4.31. The van der Waals surface area contributed by atoms with Gasteiger partial charge in [-0.25, -0.2) is 0 Å². The van der Waals surface area contributed by atoms with E-state index in [4.69, 9.17) is 0 Å². The van der Waals surface area contributed by atoms with Crippen LogP contribution in [-0.4, -0.2) is 48.5 Å². The Labute approximate surface area is 120 Å². The zero-order valence-electron chi connectivity index (χ0n) is 12.0. The molecule has 4 nitrogen and oxygen atoms in total. The number of phenols is 1. The lowest BCUT2D eigenvalue weighted by atomic mass is 10.1. The molecule has 3 rings (SSSR count). The third-order valence-corrected chi connectivity index (χ3v) is 4.31. The number of carbonyl (C=O) groups excluding carboxylic acids is 1. The van der Waals surface area contributed by atoms with E-state index in [-0.39, 0.29) is 11.5 Å². The summed E-state index contributed by atoms with van der Waals surface area (Å²) in [6.07, 6.45) is 2.81. The number of rotatable bonds is 4. The molecule has 1 aliphatic carbocycles. The molecular weight excluding hydrogens is 252 g/mol. The first kappa shape index (κ1) is 13.4. The highest BCUT2D eigenvalue weighted by Crippen LogP contribution is 2.30. The van der Waals surface area contributed by atoms with Crippen molar-refractivity contribution in [3.63, 3.8) is 0 Å². The number of ketones is 1. The number of nitrogens with zero attached hydrogens (tertiary/aromatic N) is 2. The summed E-state index contributed by atoms with van der Waals surface area (Å²) in [6, 6.07) is 5.38. The monoisotopic (exact) mass is 274 g/mol. The summed E-state index contributed by atoms with van der Waals surface area (Å²) in [4.78, 5) is 16.1.